The highest BCUT2D eigenvalue weighted by Gasteiger charge is 2.12. The number of rotatable bonds is 9. The van der Waals surface area contributed by atoms with Crippen LogP contribution in [0, 0.1) is 11.3 Å². The lowest BCUT2D eigenvalue weighted by molar-refractivity contribution is -0.142. The number of hydrogen-bond acceptors (Lipinski definition) is 6. The van der Waals surface area contributed by atoms with Gasteiger partial charge in [-0.25, -0.2) is 4.79 Å². The molecule has 3 rings (SSSR count). The van der Waals surface area contributed by atoms with Crippen LogP contribution in [0.4, 0.5) is 0 Å². The van der Waals surface area contributed by atoms with Gasteiger partial charge < -0.3 is 24.5 Å². The number of carbonyl (C=O) groups excluding carboxylic acids is 2. The number of aromatic amines is 1. The van der Waals surface area contributed by atoms with E-state index in [1.165, 1.54) is 20.3 Å². The van der Waals surface area contributed by atoms with E-state index >= 15 is 0 Å². The highest BCUT2D eigenvalue weighted by molar-refractivity contribution is 6.01. The molecule has 0 saturated carbocycles. The topological polar surface area (TPSA) is 113 Å². The lowest BCUT2D eigenvalue weighted by Crippen LogP contribution is -2.26. The number of hydrogen-bond donors (Lipinski definition) is 2. The summed E-state index contributed by atoms with van der Waals surface area (Å²) in [6.45, 7) is 0.133. The number of aromatic nitrogens is 1. The summed E-state index contributed by atoms with van der Waals surface area (Å²) in [5.41, 5.74) is 2.68. The summed E-state index contributed by atoms with van der Waals surface area (Å²) in [4.78, 5) is 26.9. The second-order valence-electron chi connectivity index (χ2n) is 6.81. The Labute approximate surface area is 185 Å². The quantitative estimate of drug-likeness (QED) is 0.305. The molecule has 2 aromatic carbocycles. The fourth-order valence-corrected chi connectivity index (χ4v) is 3.15. The number of nitrogens with zero attached hydrogens (tertiary/aromatic N) is 1. The summed E-state index contributed by atoms with van der Waals surface area (Å²) < 4.78 is 15.2. The van der Waals surface area contributed by atoms with Crippen molar-refractivity contribution in [1.82, 2.24) is 10.3 Å². The van der Waals surface area contributed by atoms with Crippen molar-refractivity contribution in [3.63, 3.8) is 0 Å². The van der Waals surface area contributed by atoms with Crippen molar-refractivity contribution in [3.05, 3.63) is 65.4 Å². The standard InChI is InChI=1S/C24H23N3O5/c1-30-22-12-16(7-8-21(22)32-15-23(28)31-2)11-18(13-25)24(29)26-10-9-17-14-27-20-6-4-3-5-19(17)20/h3-8,11-12,14,27H,9-10,15H2,1-2H3,(H,26,29)/b18-11+. The number of methoxy groups -OCH3 is 2. The predicted molar refractivity (Wildman–Crippen MR) is 119 cm³/mol. The number of carbonyl (C=O) groups is 2. The minimum absolute atomic E-state index is 0.0331. The summed E-state index contributed by atoms with van der Waals surface area (Å²) in [5.74, 6) is -0.277. The van der Waals surface area contributed by atoms with E-state index in [-0.39, 0.29) is 12.2 Å². The van der Waals surface area contributed by atoms with Crippen LogP contribution in [0.1, 0.15) is 11.1 Å². The first-order valence-corrected chi connectivity index (χ1v) is 9.88. The SMILES string of the molecule is COC(=O)COc1ccc(/C=C(\C#N)C(=O)NCCc2c[nH]c3ccccc23)cc1OC. The Morgan fingerprint density at radius 2 is 1.97 bits per heavy atom. The minimum Gasteiger partial charge on any atom is -0.493 e. The van der Waals surface area contributed by atoms with Crippen molar-refractivity contribution in [2.45, 2.75) is 6.42 Å². The molecule has 8 nitrogen and oxygen atoms in total. The molecule has 3 aromatic rings. The molecule has 0 saturated heterocycles. The summed E-state index contributed by atoms with van der Waals surface area (Å²) in [5, 5.41) is 13.3. The number of esters is 1. The average molecular weight is 433 g/mol. The van der Waals surface area contributed by atoms with Crippen LogP contribution in [0.15, 0.2) is 54.2 Å². The first-order valence-electron chi connectivity index (χ1n) is 9.88. The molecule has 2 N–H and O–H groups in total. The zero-order valence-electron chi connectivity index (χ0n) is 17.8. The first kappa shape index (κ1) is 22.4. The highest BCUT2D eigenvalue weighted by Crippen LogP contribution is 2.29. The number of fused-ring (bicyclic) bond motifs is 1. The monoisotopic (exact) mass is 433 g/mol. The number of para-hydroxylation sites is 1. The van der Waals surface area contributed by atoms with E-state index in [1.807, 2.05) is 36.5 Å². The molecule has 1 amide bonds. The number of H-pyrrole nitrogens is 1. The molecule has 0 atom stereocenters. The van der Waals surface area contributed by atoms with Gasteiger partial charge in [0.05, 0.1) is 14.2 Å². The number of nitriles is 1. The first-order chi connectivity index (χ1) is 15.5. The molecule has 0 aliphatic rings. The van der Waals surface area contributed by atoms with Gasteiger partial charge in [-0.05, 0) is 41.8 Å². The van der Waals surface area contributed by atoms with Crippen molar-refractivity contribution in [3.8, 4) is 17.6 Å². The molecular weight excluding hydrogens is 410 g/mol. The number of benzene rings is 2. The van der Waals surface area contributed by atoms with Gasteiger partial charge in [-0.2, -0.15) is 5.26 Å². The molecule has 1 heterocycles. The van der Waals surface area contributed by atoms with Crippen LogP contribution in [-0.2, 0) is 20.7 Å². The average Bonchev–Trinajstić information content (AvgIpc) is 3.24. The maximum atomic E-state index is 12.5. The zero-order chi connectivity index (χ0) is 22.9. The lowest BCUT2D eigenvalue weighted by Gasteiger charge is -2.10. The molecule has 164 valence electrons. The third-order valence-corrected chi connectivity index (χ3v) is 4.79. The zero-order valence-corrected chi connectivity index (χ0v) is 17.8. The van der Waals surface area contributed by atoms with Crippen molar-refractivity contribution < 1.29 is 23.8 Å². The largest absolute Gasteiger partial charge is 0.493 e. The maximum Gasteiger partial charge on any atom is 0.343 e. The Morgan fingerprint density at radius 3 is 2.72 bits per heavy atom. The van der Waals surface area contributed by atoms with Crippen molar-refractivity contribution in [2.75, 3.05) is 27.4 Å². The minimum atomic E-state index is -0.521. The lowest BCUT2D eigenvalue weighted by atomic mass is 10.1. The summed E-state index contributed by atoms with van der Waals surface area (Å²) in [6.07, 6.45) is 4.02. The van der Waals surface area contributed by atoms with E-state index in [0.717, 1.165) is 16.5 Å². The Morgan fingerprint density at radius 1 is 1.16 bits per heavy atom. The van der Waals surface area contributed by atoms with Gasteiger partial charge in [0.2, 0.25) is 0 Å². The van der Waals surface area contributed by atoms with Crippen LogP contribution in [-0.4, -0.2) is 44.2 Å². The van der Waals surface area contributed by atoms with Gasteiger partial charge in [0.15, 0.2) is 18.1 Å². The van der Waals surface area contributed by atoms with E-state index in [1.54, 1.807) is 18.2 Å². The molecule has 0 aliphatic heterocycles. The smallest absolute Gasteiger partial charge is 0.343 e. The molecule has 0 unspecified atom stereocenters. The van der Waals surface area contributed by atoms with E-state index in [9.17, 15) is 14.9 Å². The summed E-state index contributed by atoms with van der Waals surface area (Å²) >= 11 is 0. The number of ether oxygens (including phenoxy) is 3. The molecule has 32 heavy (non-hydrogen) atoms. The van der Waals surface area contributed by atoms with E-state index in [0.29, 0.717) is 30.0 Å². The Bertz CT molecular complexity index is 1190. The molecule has 0 radical (unpaired) electrons. The predicted octanol–water partition coefficient (Wildman–Crippen LogP) is 2.99. The van der Waals surface area contributed by atoms with Gasteiger partial charge in [-0.15, -0.1) is 0 Å². The highest BCUT2D eigenvalue weighted by atomic mass is 16.6. The van der Waals surface area contributed by atoms with Crippen LogP contribution in [0.2, 0.25) is 0 Å². The third-order valence-electron chi connectivity index (χ3n) is 4.79. The van der Waals surface area contributed by atoms with E-state index in [2.05, 4.69) is 15.0 Å². The van der Waals surface area contributed by atoms with E-state index in [4.69, 9.17) is 9.47 Å². The van der Waals surface area contributed by atoms with Crippen LogP contribution < -0.4 is 14.8 Å². The Kier molecular flexibility index (Phi) is 7.49. The summed E-state index contributed by atoms with van der Waals surface area (Å²) in [6, 6.07) is 14.7. The fraction of sp³-hybridized carbons (Fsp3) is 0.208. The molecule has 1 aromatic heterocycles. The van der Waals surface area contributed by atoms with E-state index < -0.39 is 11.9 Å². The van der Waals surface area contributed by atoms with Crippen molar-refractivity contribution in [1.29, 1.82) is 5.26 Å². The van der Waals surface area contributed by atoms with Gasteiger partial charge in [0.1, 0.15) is 11.6 Å². The van der Waals surface area contributed by atoms with Crippen LogP contribution in [0.3, 0.4) is 0 Å². The number of amides is 1. The second-order valence-corrected chi connectivity index (χ2v) is 6.81. The van der Waals surface area contributed by atoms with Gasteiger partial charge in [0, 0.05) is 23.6 Å². The van der Waals surface area contributed by atoms with Crippen LogP contribution in [0.5, 0.6) is 11.5 Å². The molecule has 0 aliphatic carbocycles. The maximum absolute atomic E-state index is 12.5. The Balaban J connectivity index is 1.64. The summed E-state index contributed by atoms with van der Waals surface area (Å²) in [7, 11) is 2.72. The molecule has 0 fully saturated rings. The van der Waals surface area contributed by atoms with Crippen molar-refractivity contribution in [2.24, 2.45) is 0 Å². The van der Waals surface area contributed by atoms with Gasteiger partial charge in [-0.1, -0.05) is 24.3 Å². The third kappa shape index (κ3) is 5.46. The van der Waals surface area contributed by atoms with Gasteiger partial charge in [-0.3, -0.25) is 4.79 Å². The molecule has 0 bridgehead atoms. The van der Waals surface area contributed by atoms with Crippen LogP contribution >= 0.6 is 0 Å². The molecular formula is C24H23N3O5. The number of nitrogens with one attached hydrogen (secondary N) is 2. The second kappa shape index (κ2) is 10.7. The normalized spacial score (nSPS) is 11.0. The van der Waals surface area contributed by atoms with Gasteiger partial charge in [0.25, 0.3) is 5.91 Å². The van der Waals surface area contributed by atoms with Crippen molar-refractivity contribution >= 4 is 28.9 Å². The van der Waals surface area contributed by atoms with Crippen LogP contribution in [0.25, 0.3) is 17.0 Å². The van der Waals surface area contributed by atoms with Gasteiger partial charge >= 0.3 is 5.97 Å². The fourth-order valence-electron chi connectivity index (χ4n) is 3.15. The molecule has 0 spiro atoms. The molecule has 8 heteroatoms. The Hall–Kier alpha value is -4.25.